The van der Waals surface area contributed by atoms with Gasteiger partial charge in [-0.05, 0) is 42.7 Å². The summed E-state index contributed by atoms with van der Waals surface area (Å²) in [6.07, 6.45) is 3.79. The van der Waals surface area contributed by atoms with E-state index in [4.69, 9.17) is 0 Å². The SMILES string of the molecule is CC(Nc1nc(NCCc2cccc(F)c2)n2ncc(/C=C3\CC(=O)NC3=O)c2n1)c1ccccc1. The van der Waals surface area contributed by atoms with Gasteiger partial charge in [0.05, 0.1) is 18.7 Å². The summed E-state index contributed by atoms with van der Waals surface area (Å²) in [6.45, 7) is 2.49. The summed E-state index contributed by atoms with van der Waals surface area (Å²) >= 11 is 0. The average molecular weight is 486 g/mol. The summed E-state index contributed by atoms with van der Waals surface area (Å²) in [6, 6.07) is 16.3. The molecule has 1 saturated heterocycles. The molecule has 0 radical (unpaired) electrons. The Bertz CT molecular complexity index is 1470. The van der Waals surface area contributed by atoms with Crippen LogP contribution in [0, 0.1) is 5.82 Å². The second kappa shape index (κ2) is 9.95. The minimum Gasteiger partial charge on any atom is -0.354 e. The summed E-state index contributed by atoms with van der Waals surface area (Å²) in [5.41, 5.74) is 3.33. The van der Waals surface area contributed by atoms with Crippen molar-refractivity contribution in [2.45, 2.75) is 25.8 Å². The number of fused-ring (bicyclic) bond motifs is 1. The summed E-state index contributed by atoms with van der Waals surface area (Å²) in [7, 11) is 0. The van der Waals surface area contributed by atoms with Crippen LogP contribution in [0.5, 0.6) is 0 Å². The van der Waals surface area contributed by atoms with Crippen molar-refractivity contribution in [2.24, 2.45) is 0 Å². The highest BCUT2D eigenvalue weighted by Crippen LogP contribution is 2.23. The minimum atomic E-state index is -0.419. The monoisotopic (exact) mass is 485 g/mol. The summed E-state index contributed by atoms with van der Waals surface area (Å²) in [4.78, 5) is 33.0. The molecule has 10 heteroatoms. The van der Waals surface area contributed by atoms with Crippen LogP contribution in [0.1, 0.15) is 36.1 Å². The molecule has 0 bridgehead atoms. The minimum absolute atomic E-state index is 0.0101. The third kappa shape index (κ3) is 5.07. The molecule has 182 valence electrons. The Hall–Kier alpha value is -4.60. The predicted octanol–water partition coefficient (Wildman–Crippen LogP) is 3.52. The number of benzene rings is 2. The topological polar surface area (TPSA) is 113 Å². The molecule has 4 aromatic rings. The van der Waals surface area contributed by atoms with E-state index in [0.717, 1.165) is 11.1 Å². The lowest BCUT2D eigenvalue weighted by Crippen LogP contribution is -2.19. The van der Waals surface area contributed by atoms with Crippen molar-refractivity contribution < 1.29 is 14.0 Å². The number of anilines is 2. The van der Waals surface area contributed by atoms with Gasteiger partial charge in [-0.15, -0.1) is 0 Å². The maximum absolute atomic E-state index is 13.5. The van der Waals surface area contributed by atoms with Crippen LogP contribution in [0.2, 0.25) is 0 Å². The van der Waals surface area contributed by atoms with Crippen LogP contribution in [0.15, 0.2) is 66.4 Å². The number of nitrogens with one attached hydrogen (secondary N) is 3. The van der Waals surface area contributed by atoms with E-state index in [0.29, 0.717) is 41.6 Å². The number of amides is 2. The van der Waals surface area contributed by atoms with Crippen molar-refractivity contribution in [1.82, 2.24) is 24.9 Å². The van der Waals surface area contributed by atoms with Crippen LogP contribution in [0.3, 0.4) is 0 Å². The van der Waals surface area contributed by atoms with Gasteiger partial charge in [0, 0.05) is 17.7 Å². The number of carbonyl (C=O) groups excluding carboxylic acids is 2. The van der Waals surface area contributed by atoms with Crippen molar-refractivity contribution in [2.75, 3.05) is 17.2 Å². The molecule has 2 amide bonds. The number of hydrogen-bond acceptors (Lipinski definition) is 7. The van der Waals surface area contributed by atoms with Gasteiger partial charge in [-0.2, -0.15) is 19.6 Å². The summed E-state index contributed by atoms with van der Waals surface area (Å²) < 4.78 is 15.1. The zero-order chi connectivity index (χ0) is 25.1. The van der Waals surface area contributed by atoms with Crippen molar-refractivity contribution in [1.29, 1.82) is 0 Å². The van der Waals surface area contributed by atoms with E-state index < -0.39 is 5.91 Å². The molecule has 3 N–H and O–H groups in total. The zero-order valence-electron chi connectivity index (χ0n) is 19.5. The first-order valence-corrected chi connectivity index (χ1v) is 11.6. The highest BCUT2D eigenvalue weighted by Gasteiger charge is 2.24. The molecule has 1 aliphatic heterocycles. The Morgan fingerprint density at radius 2 is 1.97 bits per heavy atom. The normalized spacial score (nSPS) is 15.3. The Morgan fingerprint density at radius 1 is 1.14 bits per heavy atom. The lowest BCUT2D eigenvalue weighted by Gasteiger charge is -2.16. The fourth-order valence-corrected chi connectivity index (χ4v) is 4.01. The highest BCUT2D eigenvalue weighted by atomic mass is 19.1. The van der Waals surface area contributed by atoms with E-state index in [9.17, 15) is 14.0 Å². The van der Waals surface area contributed by atoms with Gasteiger partial charge in [0.2, 0.25) is 17.8 Å². The largest absolute Gasteiger partial charge is 0.354 e. The van der Waals surface area contributed by atoms with Crippen LogP contribution in [-0.4, -0.2) is 37.9 Å². The van der Waals surface area contributed by atoms with Crippen LogP contribution in [0.25, 0.3) is 11.7 Å². The fraction of sp³-hybridized carbons (Fsp3) is 0.192. The summed E-state index contributed by atoms with van der Waals surface area (Å²) in [5.74, 6) is -0.221. The molecule has 0 saturated carbocycles. The number of imide groups is 1. The standard InChI is InChI=1S/C26H24FN7O2/c1-16(18-7-3-2-4-8-18)30-25-32-23-20(13-19-14-22(35)31-24(19)36)15-29-34(23)26(33-25)28-11-10-17-6-5-9-21(27)12-17/h2-9,12-13,15-16H,10-11,14H2,1H3,(H,31,35,36)(H2,28,30,32,33)/b19-13+. The molecule has 3 heterocycles. The van der Waals surface area contributed by atoms with Crippen LogP contribution in [0.4, 0.5) is 16.3 Å². The van der Waals surface area contributed by atoms with Crippen LogP contribution >= 0.6 is 0 Å². The third-order valence-corrected chi connectivity index (χ3v) is 5.85. The molecule has 0 aliphatic carbocycles. The van der Waals surface area contributed by atoms with Gasteiger partial charge >= 0.3 is 0 Å². The van der Waals surface area contributed by atoms with Crippen LogP contribution in [-0.2, 0) is 16.0 Å². The average Bonchev–Trinajstić information content (AvgIpc) is 3.41. The lowest BCUT2D eigenvalue weighted by molar-refractivity contribution is -0.124. The Kier molecular flexibility index (Phi) is 6.40. The quantitative estimate of drug-likeness (QED) is 0.259. The second-order valence-corrected chi connectivity index (χ2v) is 8.51. The highest BCUT2D eigenvalue weighted by molar-refractivity contribution is 6.15. The molecule has 2 aromatic carbocycles. The molecule has 1 unspecified atom stereocenters. The number of hydrogen-bond donors (Lipinski definition) is 3. The molecular formula is C26H24FN7O2. The van der Waals surface area contributed by atoms with Gasteiger partial charge in [-0.25, -0.2) is 4.39 Å². The van der Waals surface area contributed by atoms with E-state index in [2.05, 4.69) is 31.0 Å². The number of nitrogens with zero attached hydrogens (tertiary/aromatic N) is 4. The maximum Gasteiger partial charge on any atom is 0.254 e. The van der Waals surface area contributed by atoms with E-state index in [-0.39, 0.29) is 24.2 Å². The van der Waals surface area contributed by atoms with Gasteiger partial charge in [0.25, 0.3) is 5.91 Å². The first-order valence-electron chi connectivity index (χ1n) is 11.6. The lowest BCUT2D eigenvalue weighted by atomic mass is 10.1. The van der Waals surface area contributed by atoms with Gasteiger partial charge in [0.15, 0.2) is 5.65 Å². The van der Waals surface area contributed by atoms with Gasteiger partial charge < -0.3 is 10.6 Å². The molecule has 1 atom stereocenters. The maximum atomic E-state index is 13.5. The van der Waals surface area contributed by atoms with E-state index in [1.165, 1.54) is 12.1 Å². The molecule has 9 nitrogen and oxygen atoms in total. The van der Waals surface area contributed by atoms with Gasteiger partial charge in [-0.1, -0.05) is 42.5 Å². The number of aromatic nitrogens is 4. The molecule has 0 spiro atoms. The molecule has 5 rings (SSSR count). The Balaban J connectivity index is 1.46. The van der Waals surface area contributed by atoms with Crippen molar-refractivity contribution >= 4 is 35.4 Å². The van der Waals surface area contributed by atoms with E-state index >= 15 is 0 Å². The molecule has 36 heavy (non-hydrogen) atoms. The number of halogens is 1. The Morgan fingerprint density at radius 3 is 2.72 bits per heavy atom. The van der Waals surface area contributed by atoms with Crippen molar-refractivity contribution in [3.8, 4) is 0 Å². The van der Waals surface area contributed by atoms with Gasteiger partial charge in [0.1, 0.15) is 5.82 Å². The predicted molar refractivity (Wildman–Crippen MR) is 134 cm³/mol. The molecule has 2 aromatic heterocycles. The first-order chi connectivity index (χ1) is 17.5. The third-order valence-electron chi connectivity index (χ3n) is 5.85. The fourth-order valence-electron chi connectivity index (χ4n) is 4.01. The molecule has 1 fully saturated rings. The van der Waals surface area contributed by atoms with Crippen LogP contribution < -0.4 is 16.0 Å². The molecule has 1 aliphatic rings. The zero-order valence-corrected chi connectivity index (χ0v) is 19.5. The smallest absolute Gasteiger partial charge is 0.254 e. The summed E-state index contributed by atoms with van der Waals surface area (Å²) in [5, 5.41) is 13.3. The van der Waals surface area contributed by atoms with Gasteiger partial charge in [-0.3, -0.25) is 14.9 Å². The first kappa shape index (κ1) is 23.2. The van der Waals surface area contributed by atoms with Crippen molar-refractivity contribution in [3.05, 3.63) is 88.9 Å². The van der Waals surface area contributed by atoms with E-state index in [1.54, 1.807) is 22.9 Å². The second-order valence-electron chi connectivity index (χ2n) is 8.51. The van der Waals surface area contributed by atoms with E-state index in [1.807, 2.05) is 43.3 Å². The number of carbonyl (C=O) groups is 2. The number of rotatable bonds is 8. The van der Waals surface area contributed by atoms with Crippen molar-refractivity contribution in [3.63, 3.8) is 0 Å². The Labute approximate surface area is 206 Å². The molecular weight excluding hydrogens is 461 g/mol.